The van der Waals surface area contributed by atoms with E-state index in [1.807, 2.05) is 26.0 Å². The monoisotopic (exact) mass is 193 g/mol. The maximum atomic E-state index is 9.78. The van der Waals surface area contributed by atoms with Crippen molar-refractivity contribution in [2.24, 2.45) is 0 Å². The predicted octanol–water partition coefficient (Wildman–Crippen LogP) is 1.68. The molecule has 1 saturated carbocycles. The van der Waals surface area contributed by atoms with E-state index < -0.39 is 5.60 Å². The van der Waals surface area contributed by atoms with Gasteiger partial charge in [-0.05, 0) is 38.8 Å². The molecule has 1 aromatic heterocycles. The maximum Gasteiger partial charge on any atom is 0.141 e. The first-order valence-electron chi connectivity index (χ1n) is 4.90. The number of aromatic nitrogens is 1. The molecule has 1 N–H and O–H groups in total. The lowest BCUT2D eigenvalue weighted by molar-refractivity contribution is -0.118. The highest BCUT2D eigenvalue weighted by atomic mass is 16.5. The molecule has 0 saturated heterocycles. The lowest BCUT2D eigenvalue weighted by Crippen LogP contribution is -2.52. The van der Waals surface area contributed by atoms with Gasteiger partial charge in [0.25, 0.3) is 0 Å². The predicted molar refractivity (Wildman–Crippen MR) is 53.2 cm³/mol. The summed E-state index contributed by atoms with van der Waals surface area (Å²) in [6.07, 6.45) is 3.39. The molecule has 76 valence electrons. The smallest absolute Gasteiger partial charge is 0.141 e. The minimum atomic E-state index is -0.664. The van der Waals surface area contributed by atoms with E-state index >= 15 is 0 Å². The van der Waals surface area contributed by atoms with Crippen LogP contribution in [0.4, 0.5) is 0 Å². The van der Waals surface area contributed by atoms with E-state index in [0.717, 1.165) is 24.3 Å². The number of nitrogens with zero attached hydrogens (tertiary/aromatic N) is 1. The molecule has 0 spiro atoms. The van der Waals surface area contributed by atoms with Crippen LogP contribution in [0.3, 0.4) is 0 Å². The standard InChI is InChI=1S/C11H15NO2/c1-8-9(4-3-7-12-8)14-10-5-6-11(10,2)13/h3-4,7,10,13H,5-6H2,1-2H3/t10-,11-/m0/s1. The van der Waals surface area contributed by atoms with Crippen LogP contribution in [0.1, 0.15) is 25.5 Å². The quantitative estimate of drug-likeness (QED) is 0.777. The van der Waals surface area contributed by atoms with Crippen molar-refractivity contribution in [1.29, 1.82) is 0 Å². The highest BCUT2D eigenvalue weighted by Crippen LogP contribution is 2.35. The number of aryl methyl sites for hydroxylation is 1. The summed E-state index contributed by atoms with van der Waals surface area (Å²) in [5.41, 5.74) is 0.206. The largest absolute Gasteiger partial charge is 0.486 e. The summed E-state index contributed by atoms with van der Waals surface area (Å²) in [4.78, 5) is 4.13. The van der Waals surface area contributed by atoms with Crippen molar-refractivity contribution in [3.8, 4) is 5.75 Å². The summed E-state index contributed by atoms with van der Waals surface area (Å²) < 4.78 is 5.68. The van der Waals surface area contributed by atoms with Crippen molar-refractivity contribution in [1.82, 2.24) is 4.98 Å². The van der Waals surface area contributed by atoms with Crippen molar-refractivity contribution in [2.45, 2.75) is 38.4 Å². The first kappa shape index (κ1) is 9.46. The van der Waals surface area contributed by atoms with Crippen LogP contribution < -0.4 is 4.74 Å². The molecule has 1 aliphatic carbocycles. The molecule has 0 radical (unpaired) electrons. The number of rotatable bonds is 2. The van der Waals surface area contributed by atoms with Gasteiger partial charge in [0, 0.05) is 6.20 Å². The Hall–Kier alpha value is -1.09. The summed E-state index contributed by atoms with van der Waals surface area (Å²) >= 11 is 0. The lowest BCUT2D eigenvalue weighted by atomic mass is 9.78. The molecule has 3 nitrogen and oxygen atoms in total. The summed E-state index contributed by atoms with van der Waals surface area (Å²) in [5, 5.41) is 9.78. The SMILES string of the molecule is Cc1ncccc1O[C@H]1CC[C@]1(C)O. The van der Waals surface area contributed by atoms with Crippen molar-refractivity contribution in [3.63, 3.8) is 0 Å². The third kappa shape index (κ3) is 1.60. The minimum Gasteiger partial charge on any atom is -0.486 e. The molecule has 2 atom stereocenters. The van der Waals surface area contributed by atoms with Gasteiger partial charge in [-0.2, -0.15) is 0 Å². The van der Waals surface area contributed by atoms with Gasteiger partial charge in [-0.3, -0.25) is 4.98 Å². The van der Waals surface area contributed by atoms with Crippen molar-refractivity contribution >= 4 is 0 Å². The Kier molecular flexibility index (Phi) is 2.19. The molecule has 2 rings (SSSR count). The van der Waals surface area contributed by atoms with E-state index in [-0.39, 0.29) is 6.10 Å². The Morgan fingerprint density at radius 1 is 1.64 bits per heavy atom. The Bertz CT molecular complexity index is 336. The van der Waals surface area contributed by atoms with Gasteiger partial charge >= 0.3 is 0 Å². The first-order chi connectivity index (χ1) is 6.59. The van der Waals surface area contributed by atoms with E-state index in [1.165, 1.54) is 0 Å². The van der Waals surface area contributed by atoms with Crippen LogP contribution in [0.2, 0.25) is 0 Å². The second kappa shape index (κ2) is 3.24. The molecule has 1 fully saturated rings. The van der Waals surface area contributed by atoms with Crippen LogP contribution in [0.25, 0.3) is 0 Å². The fourth-order valence-electron chi connectivity index (χ4n) is 1.61. The summed E-state index contributed by atoms with van der Waals surface area (Å²) in [5.74, 6) is 0.775. The zero-order chi connectivity index (χ0) is 10.2. The number of hydrogen-bond donors (Lipinski definition) is 1. The number of aliphatic hydroxyl groups is 1. The van der Waals surface area contributed by atoms with Gasteiger partial charge in [0.1, 0.15) is 11.9 Å². The van der Waals surface area contributed by atoms with E-state index in [2.05, 4.69) is 4.98 Å². The van der Waals surface area contributed by atoms with Gasteiger partial charge in [0.2, 0.25) is 0 Å². The Morgan fingerprint density at radius 3 is 2.93 bits per heavy atom. The Balaban J connectivity index is 2.08. The molecular weight excluding hydrogens is 178 g/mol. The van der Waals surface area contributed by atoms with Gasteiger partial charge in [-0.1, -0.05) is 0 Å². The Morgan fingerprint density at radius 2 is 2.43 bits per heavy atom. The number of pyridine rings is 1. The Labute approximate surface area is 83.7 Å². The van der Waals surface area contributed by atoms with Gasteiger partial charge in [-0.15, -0.1) is 0 Å². The molecular formula is C11H15NO2. The summed E-state index contributed by atoms with van der Waals surface area (Å²) in [6, 6.07) is 3.73. The average Bonchev–Trinajstić information content (AvgIpc) is 2.15. The van der Waals surface area contributed by atoms with Crippen LogP contribution in [0.15, 0.2) is 18.3 Å². The molecule has 0 aliphatic heterocycles. The normalized spacial score (nSPS) is 30.9. The molecule has 0 amide bonds. The van der Waals surface area contributed by atoms with Crippen LogP contribution in [0.5, 0.6) is 5.75 Å². The first-order valence-corrected chi connectivity index (χ1v) is 4.90. The van der Waals surface area contributed by atoms with Crippen LogP contribution in [-0.4, -0.2) is 21.8 Å². The zero-order valence-electron chi connectivity index (χ0n) is 8.53. The molecule has 0 unspecified atom stereocenters. The fraction of sp³-hybridized carbons (Fsp3) is 0.545. The van der Waals surface area contributed by atoms with Gasteiger partial charge in [0.15, 0.2) is 0 Å². The molecule has 3 heteroatoms. The second-order valence-electron chi connectivity index (χ2n) is 4.09. The van der Waals surface area contributed by atoms with Gasteiger partial charge in [0.05, 0.1) is 11.3 Å². The highest BCUT2D eigenvalue weighted by Gasteiger charge is 2.43. The molecule has 0 bridgehead atoms. The summed E-state index contributed by atoms with van der Waals surface area (Å²) in [7, 11) is 0. The number of hydrogen-bond acceptors (Lipinski definition) is 3. The highest BCUT2D eigenvalue weighted by molar-refractivity contribution is 5.26. The minimum absolute atomic E-state index is 0.0783. The van der Waals surface area contributed by atoms with Gasteiger partial charge < -0.3 is 9.84 Å². The average molecular weight is 193 g/mol. The van der Waals surface area contributed by atoms with E-state index in [0.29, 0.717) is 0 Å². The lowest BCUT2D eigenvalue weighted by Gasteiger charge is -2.42. The summed E-state index contributed by atoms with van der Waals surface area (Å²) in [6.45, 7) is 3.72. The third-order valence-corrected chi connectivity index (χ3v) is 2.83. The van der Waals surface area contributed by atoms with E-state index in [1.54, 1.807) is 6.20 Å². The van der Waals surface area contributed by atoms with Crippen molar-refractivity contribution in [3.05, 3.63) is 24.0 Å². The van der Waals surface area contributed by atoms with E-state index in [4.69, 9.17) is 4.74 Å². The van der Waals surface area contributed by atoms with Crippen LogP contribution in [-0.2, 0) is 0 Å². The van der Waals surface area contributed by atoms with Crippen LogP contribution >= 0.6 is 0 Å². The molecule has 1 heterocycles. The fourth-order valence-corrected chi connectivity index (χ4v) is 1.61. The van der Waals surface area contributed by atoms with Crippen LogP contribution in [0, 0.1) is 6.92 Å². The molecule has 14 heavy (non-hydrogen) atoms. The third-order valence-electron chi connectivity index (χ3n) is 2.83. The maximum absolute atomic E-state index is 9.78. The van der Waals surface area contributed by atoms with Crippen molar-refractivity contribution < 1.29 is 9.84 Å². The number of ether oxygens (including phenoxy) is 1. The van der Waals surface area contributed by atoms with E-state index in [9.17, 15) is 5.11 Å². The van der Waals surface area contributed by atoms with Crippen molar-refractivity contribution in [2.75, 3.05) is 0 Å². The zero-order valence-corrected chi connectivity index (χ0v) is 8.53. The molecule has 1 aliphatic rings. The van der Waals surface area contributed by atoms with Gasteiger partial charge in [-0.25, -0.2) is 0 Å². The second-order valence-corrected chi connectivity index (χ2v) is 4.09. The molecule has 1 aromatic rings. The molecule has 0 aromatic carbocycles. The topological polar surface area (TPSA) is 42.4 Å².